The van der Waals surface area contributed by atoms with Crippen molar-refractivity contribution >= 4 is 5.97 Å². The van der Waals surface area contributed by atoms with Gasteiger partial charge in [-0.15, -0.1) is 0 Å². The molecular formula is C16H29NO8. The third kappa shape index (κ3) is 4.83. The molecule has 146 valence electrons. The number of carbonyl (C=O) groups excluding carboxylic acids is 1. The first-order valence-electron chi connectivity index (χ1n) is 8.07. The summed E-state index contributed by atoms with van der Waals surface area (Å²) in [6.07, 6.45) is -1.46. The molecule has 0 aliphatic carbocycles. The van der Waals surface area contributed by atoms with E-state index in [0.29, 0.717) is 0 Å². The fourth-order valence-electron chi connectivity index (χ4n) is 3.72. The number of carbonyl (C=O) groups is 1. The van der Waals surface area contributed by atoms with Crippen molar-refractivity contribution in [1.82, 2.24) is 0 Å². The van der Waals surface area contributed by atoms with Gasteiger partial charge in [-0.3, -0.25) is 0 Å². The summed E-state index contributed by atoms with van der Waals surface area (Å²) in [5.74, 6) is -3.25. The lowest BCUT2D eigenvalue weighted by molar-refractivity contribution is -1.16. The Morgan fingerprint density at radius 3 is 2.12 bits per heavy atom. The monoisotopic (exact) mass is 363 g/mol. The molecule has 0 unspecified atom stereocenters. The fraction of sp³-hybridized carbons (Fsp3) is 0.812. The Balaban J connectivity index is 0.000000251. The highest BCUT2D eigenvalue weighted by atomic mass is 16.7. The van der Waals surface area contributed by atoms with Gasteiger partial charge in [0.25, 0.3) is 0 Å². The average Bonchev–Trinajstić information content (AvgIpc) is 2.72. The number of hydrogen-bond donors (Lipinski definition) is 5. The van der Waals surface area contributed by atoms with Crippen molar-refractivity contribution in [1.29, 1.82) is 0 Å². The smallest absolute Gasteiger partial charge is 0.327 e. The molecule has 0 bridgehead atoms. The van der Waals surface area contributed by atoms with Crippen LogP contribution in [0.15, 0.2) is 11.5 Å². The van der Waals surface area contributed by atoms with Crippen LogP contribution in [0.3, 0.4) is 0 Å². The minimum atomic E-state index is -1.46. The highest BCUT2D eigenvalue weighted by Crippen LogP contribution is 2.23. The molecule has 0 aromatic rings. The van der Waals surface area contributed by atoms with Gasteiger partial charge in [0.05, 0.1) is 19.8 Å². The molecule has 2 aliphatic heterocycles. The normalized spacial score (nSPS) is 31.8. The first-order valence-corrected chi connectivity index (χ1v) is 8.07. The number of esters is 1. The van der Waals surface area contributed by atoms with Gasteiger partial charge >= 0.3 is 5.97 Å². The summed E-state index contributed by atoms with van der Waals surface area (Å²) in [5, 5.41) is 47.6. The summed E-state index contributed by atoms with van der Waals surface area (Å²) in [4.78, 5) is 15.9. The molecule has 0 saturated carbocycles. The fourth-order valence-corrected chi connectivity index (χ4v) is 3.72. The number of piperidine rings is 1. The number of cyclic esters (lactones) is 1. The topological polar surface area (TPSA) is 144 Å². The maximum atomic E-state index is 10.6. The Bertz CT molecular complexity index is 498. The van der Waals surface area contributed by atoms with Gasteiger partial charge in [-0.25, -0.2) is 9.63 Å². The minimum absolute atomic E-state index is 0.00405. The van der Waals surface area contributed by atoms with E-state index < -0.39 is 36.3 Å². The first-order chi connectivity index (χ1) is 11.4. The lowest BCUT2D eigenvalue weighted by atomic mass is 9.80. The SMILES string of the molecule is CO[NH+]1C(C)(C)CC(O)CC1(C)C.O=C1O[C@H]([C@@H](O)CO)C(O)=C1[O-]. The maximum Gasteiger partial charge on any atom is 0.327 e. The number of nitrogens with one attached hydrogen (secondary N) is 1. The number of hydrogen-bond acceptors (Lipinski definition) is 8. The lowest BCUT2D eigenvalue weighted by Crippen LogP contribution is -3.26. The Kier molecular flexibility index (Phi) is 6.82. The van der Waals surface area contributed by atoms with Crippen molar-refractivity contribution in [3.8, 4) is 0 Å². The van der Waals surface area contributed by atoms with Gasteiger partial charge in [-0.05, 0) is 27.7 Å². The van der Waals surface area contributed by atoms with Crippen LogP contribution in [0.1, 0.15) is 40.5 Å². The third-order valence-electron chi connectivity index (χ3n) is 4.38. The molecule has 0 amide bonds. The van der Waals surface area contributed by atoms with E-state index >= 15 is 0 Å². The van der Waals surface area contributed by atoms with Crippen molar-refractivity contribution in [2.45, 2.75) is 69.9 Å². The minimum Gasteiger partial charge on any atom is -0.865 e. The van der Waals surface area contributed by atoms with Crippen LogP contribution in [-0.2, 0) is 14.4 Å². The van der Waals surface area contributed by atoms with Crippen molar-refractivity contribution in [2.24, 2.45) is 0 Å². The van der Waals surface area contributed by atoms with E-state index in [1.165, 1.54) is 0 Å². The Morgan fingerprint density at radius 1 is 1.32 bits per heavy atom. The van der Waals surface area contributed by atoms with Crippen LogP contribution < -0.4 is 10.2 Å². The van der Waals surface area contributed by atoms with E-state index in [4.69, 9.17) is 20.2 Å². The predicted octanol–water partition coefficient (Wildman–Crippen LogP) is -2.46. The van der Waals surface area contributed by atoms with Crippen molar-refractivity contribution < 1.29 is 45.0 Å². The first kappa shape index (κ1) is 21.7. The summed E-state index contributed by atoms with van der Waals surface area (Å²) in [5.41, 5.74) is -0.00810. The summed E-state index contributed by atoms with van der Waals surface area (Å²) in [7, 11) is 1.73. The van der Waals surface area contributed by atoms with Gasteiger partial charge in [0, 0.05) is 18.6 Å². The average molecular weight is 363 g/mol. The number of aliphatic hydroxyl groups is 4. The number of ether oxygens (including phenoxy) is 1. The molecule has 2 rings (SSSR count). The number of aliphatic hydroxyl groups excluding tert-OH is 4. The molecule has 9 heteroatoms. The van der Waals surface area contributed by atoms with Crippen molar-refractivity contribution in [3.05, 3.63) is 11.5 Å². The number of quaternary nitrogens is 1. The zero-order valence-corrected chi connectivity index (χ0v) is 15.3. The molecule has 0 radical (unpaired) electrons. The molecule has 2 aliphatic rings. The van der Waals surface area contributed by atoms with E-state index in [1.807, 2.05) is 0 Å². The summed E-state index contributed by atoms with van der Waals surface area (Å²) >= 11 is 0. The van der Waals surface area contributed by atoms with E-state index in [9.17, 15) is 15.0 Å². The second-order valence-electron chi connectivity index (χ2n) is 7.65. The van der Waals surface area contributed by atoms with Crippen LogP contribution in [0, 0.1) is 0 Å². The van der Waals surface area contributed by atoms with E-state index in [0.717, 1.165) is 17.9 Å². The van der Waals surface area contributed by atoms with E-state index in [-0.39, 0.29) is 17.2 Å². The zero-order chi connectivity index (χ0) is 19.6. The molecule has 0 aromatic carbocycles. The zero-order valence-electron chi connectivity index (χ0n) is 15.3. The van der Waals surface area contributed by atoms with Crippen LogP contribution in [0.4, 0.5) is 0 Å². The standard InChI is InChI=1S/C10H21NO2.C6H8O6/c1-9(2)6-8(12)7-10(3,4)11(9)13-5;7-1-2(8)5-3(9)4(10)6(11)12-5/h8,12H,6-7H2,1-5H3;2,5,7-10H,1H2/t;2-,5+/m.0/s1. The van der Waals surface area contributed by atoms with Gasteiger partial charge in [-0.1, -0.05) is 0 Å². The Labute approximate surface area is 147 Å². The van der Waals surface area contributed by atoms with Crippen molar-refractivity contribution in [3.63, 3.8) is 0 Å². The highest BCUT2D eigenvalue weighted by Gasteiger charge is 2.50. The van der Waals surface area contributed by atoms with Crippen LogP contribution in [0.2, 0.25) is 0 Å². The van der Waals surface area contributed by atoms with Gasteiger partial charge < -0.3 is 30.3 Å². The lowest BCUT2D eigenvalue weighted by Gasteiger charge is -2.47. The summed E-state index contributed by atoms with van der Waals surface area (Å²) < 4.78 is 4.25. The maximum absolute atomic E-state index is 10.6. The quantitative estimate of drug-likeness (QED) is 0.347. The summed E-state index contributed by atoms with van der Waals surface area (Å²) in [6, 6.07) is 0. The molecule has 1 fully saturated rings. The number of rotatable bonds is 3. The van der Waals surface area contributed by atoms with E-state index in [2.05, 4.69) is 32.4 Å². The molecule has 0 spiro atoms. The Morgan fingerprint density at radius 2 is 1.80 bits per heavy atom. The van der Waals surface area contributed by atoms with Gasteiger partial charge in [0.1, 0.15) is 22.9 Å². The molecule has 2 heterocycles. The van der Waals surface area contributed by atoms with Crippen LogP contribution in [0.5, 0.6) is 0 Å². The van der Waals surface area contributed by atoms with Crippen LogP contribution >= 0.6 is 0 Å². The Hall–Kier alpha value is -1.39. The van der Waals surface area contributed by atoms with Gasteiger partial charge in [0.15, 0.2) is 6.10 Å². The second-order valence-corrected chi connectivity index (χ2v) is 7.65. The van der Waals surface area contributed by atoms with Gasteiger partial charge in [0.2, 0.25) is 0 Å². The van der Waals surface area contributed by atoms with Crippen LogP contribution in [-0.4, -0.2) is 69.5 Å². The molecule has 9 nitrogen and oxygen atoms in total. The number of hydroxylamine groups is 2. The third-order valence-corrected chi connectivity index (χ3v) is 4.38. The highest BCUT2D eigenvalue weighted by molar-refractivity contribution is 5.88. The molecule has 0 aromatic heterocycles. The van der Waals surface area contributed by atoms with Crippen LogP contribution in [0.25, 0.3) is 0 Å². The second kappa shape index (κ2) is 7.88. The molecule has 2 atom stereocenters. The van der Waals surface area contributed by atoms with Gasteiger partial charge in [-0.2, -0.15) is 5.06 Å². The molecular weight excluding hydrogens is 334 g/mol. The molecule has 25 heavy (non-hydrogen) atoms. The molecule has 5 N–H and O–H groups in total. The van der Waals surface area contributed by atoms with E-state index in [1.54, 1.807) is 7.11 Å². The molecule has 1 saturated heterocycles. The summed E-state index contributed by atoms with van der Waals surface area (Å²) in [6.45, 7) is 7.84. The predicted molar refractivity (Wildman–Crippen MR) is 84.0 cm³/mol. The largest absolute Gasteiger partial charge is 0.865 e. The van der Waals surface area contributed by atoms with Crippen molar-refractivity contribution in [2.75, 3.05) is 13.7 Å².